The summed E-state index contributed by atoms with van der Waals surface area (Å²) >= 11 is 0. The molecular weight excluding hydrogens is 398 g/mol. The van der Waals surface area contributed by atoms with Crippen LogP contribution in [0.2, 0.25) is 0 Å². The summed E-state index contributed by atoms with van der Waals surface area (Å²) in [5, 5.41) is 5.27. The van der Waals surface area contributed by atoms with Gasteiger partial charge in [-0.05, 0) is 56.7 Å². The molecule has 2 amide bonds. The van der Waals surface area contributed by atoms with Crippen molar-refractivity contribution in [2.24, 2.45) is 0 Å². The molecule has 166 valence electrons. The predicted molar refractivity (Wildman–Crippen MR) is 119 cm³/mol. The van der Waals surface area contributed by atoms with Gasteiger partial charge in [0.1, 0.15) is 5.60 Å². The van der Waals surface area contributed by atoms with E-state index in [2.05, 4.69) is 10.6 Å². The SMILES string of the molecule is CN(C)c1ccc(CNC(=O)COC(=O)c2cccc(NC(=O)OC(C)(C)C)c2)cc1. The number of hydrogen-bond acceptors (Lipinski definition) is 6. The summed E-state index contributed by atoms with van der Waals surface area (Å²) in [6, 6.07) is 14.0. The Bertz CT molecular complexity index is 918. The van der Waals surface area contributed by atoms with Crippen molar-refractivity contribution in [3.63, 3.8) is 0 Å². The Kier molecular flexibility index (Phi) is 8.01. The zero-order chi connectivity index (χ0) is 23.0. The van der Waals surface area contributed by atoms with Crippen molar-refractivity contribution in [3.8, 4) is 0 Å². The van der Waals surface area contributed by atoms with E-state index in [0.29, 0.717) is 12.2 Å². The second-order valence-corrected chi connectivity index (χ2v) is 8.12. The molecule has 0 spiro atoms. The smallest absolute Gasteiger partial charge is 0.412 e. The van der Waals surface area contributed by atoms with E-state index in [9.17, 15) is 14.4 Å². The van der Waals surface area contributed by atoms with E-state index in [0.717, 1.165) is 11.3 Å². The van der Waals surface area contributed by atoms with Gasteiger partial charge in [-0.1, -0.05) is 18.2 Å². The van der Waals surface area contributed by atoms with Crippen molar-refractivity contribution in [1.29, 1.82) is 0 Å². The topological polar surface area (TPSA) is 97.0 Å². The fourth-order valence-electron chi connectivity index (χ4n) is 2.52. The minimum atomic E-state index is -0.668. The highest BCUT2D eigenvalue weighted by molar-refractivity contribution is 5.93. The highest BCUT2D eigenvalue weighted by Crippen LogP contribution is 2.15. The Balaban J connectivity index is 1.82. The van der Waals surface area contributed by atoms with E-state index >= 15 is 0 Å². The first-order valence-electron chi connectivity index (χ1n) is 9.83. The van der Waals surface area contributed by atoms with Gasteiger partial charge in [0.15, 0.2) is 6.61 Å². The standard InChI is InChI=1S/C23H29N3O5/c1-23(2,3)31-22(29)25-18-8-6-7-17(13-18)21(28)30-15-20(27)24-14-16-9-11-19(12-10-16)26(4)5/h6-13H,14-15H2,1-5H3,(H,24,27)(H,25,29). The van der Waals surface area contributed by atoms with Gasteiger partial charge in [-0.3, -0.25) is 10.1 Å². The molecule has 0 aromatic heterocycles. The average molecular weight is 428 g/mol. The number of hydrogen-bond donors (Lipinski definition) is 2. The summed E-state index contributed by atoms with van der Waals surface area (Å²) in [4.78, 5) is 38.1. The van der Waals surface area contributed by atoms with Gasteiger partial charge in [-0.2, -0.15) is 0 Å². The van der Waals surface area contributed by atoms with Crippen LogP contribution in [0.4, 0.5) is 16.2 Å². The van der Waals surface area contributed by atoms with Crippen LogP contribution in [0.5, 0.6) is 0 Å². The number of esters is 1. The Morgan fingerprint density at radius 3 is 2.29 bits per heavy atom. The number of benzene rings is 2. The molecule has 2 aromatic rings. The zero-order valence-electron chi connectivity index (χ0n) is 18.5. The maximum absolute atomic E-state index is 12.2. The summed E-state index contributed by atoms with van der Waals surface area (Å²) in [6.45, 7) is 5.19. The number of nitrogens with zero attached hydrogens (tertiary/aromatic N) is 1. The molecule has 2 aromatic carbocycles. The van der Waals surface area contributed by atoms with Crippen LogP contribution in [0.15, 0.2) is 48.5 Å². The summed E-state index contributed by atoms with van der Waals surface area (Å²) < 4.78 is 10.2. The van der Waals surface area contributed by atoms with Gasteiger partial charge < -0.3 is 19.7 Å². The summed E-state index contributed by atoms with van der Waals surface area (Å²) in [5.41, 5.74) is 1.95. The Morgan fingerprint density at radius 1 is 1.00 bits per heavy atom. The second kappa shape index (κ2) is 10.5. The zero-order valence-corrected chi connectivity index (χ0v) is 18.5. The van der Waals surface area contributed by atoms with E-state index in [1.165, 1.54) is 12.1 Å². The number of anilines is 2. The van der Waals surface area contributed by atoms with Crippen LogP contribution < -0.4 is 15.5 Å². The lowest BCUT2D eigenvalue weighted by molar-refractivity contribution is -0.124. The number of nitrogens with one attached hydrogen (secondary N) is 2. The lowest BCUT2D eigenvalue weighted by atomic mass is 10.2. The van der Waals surface area contributed by atoms with E-state index in [4.69, 9.17) is 9.47 Å². The van der Waals surface area contributed by atoms with Gasteiger partial charge in [-0.15, -0.1) is 0 Å². The van der Waals surface area contributed by atoms with E-state index < -0.39 is 30.2 Å². The van der Waals surface area contributed by atoms with Crippen molar-refractivity contribution in [2.75, 3.05) is 30.9 Å². The molecule has 31 heavy (non-hydrogen) atoms. The first-order valence-corrected chi connectivity index (χ1v) is 9.83. The van der Waals surface area contributed by atoms with Gasteiger partial charge in [0.2, 0.25) is 0 Å². The van der Waals surface area contributed by atoms with E-state index in [1.54, 1.807) is 32.9 Å². The molecule has 2 rings (SSSR count). The normalized spacial score (nSPS) is 10.7. The molecule has 0 unspecified atom stereocenters. The summed E-state index contributed by atoms with van der Waals surface area (Å²) in [5.74, 6) is -1.08. The van der Waals surface area contributed by atoms with Gasteiger partial charge in [0.25, 0.3) is 5.91 Å². The molecule has 0 saturated carbocycles. The lowest BCUT2D eigenvalue weighted by Crippen LogP contribution is -2.28. The quantitative estimate of drug-likeness (QED) is 0.656. The highest BCUT2D eigenvalue weighted by atomic mass is 16.6. The van der Waals surface area contributed by atoms with Crippen LogP contribution in [0.1, 0.15) is 36.7 Å². The Hall–Kier alpha value is -3.55. The lowest BCUT2D eigenvalue weighted by Gasteiger charge is -2.19. The Labute approximate surface area is 182 Å². The molecule has 0 aliphatic rings. The molecule has 0 fully saturated rings. The van der Waals surface area contributed by atoms with Gasteiger partial charge in [-0.25, -0.2) is 9.59 Å². The number of carbonyl (C=O) groups excluding carboxylic acids is 3. The van der Waals surface area contributed by atoms with Gasteiger partial charge in [0.05, 0.1) is 5.56 Å². The largest absolute Gasteiger partial charge is 0.452 e. The first kappa shape index (κ1) is 23.7. The highest BCUT2D eigenvalue weighted by Gasteiger charge is 2.17. The van der Waals surface area contributed by atoms with Crippen LogP contribution >= 0.6 is 0 Å². The first-order chi connectivity index (χ1) is 14.5. The number of amides is 2. The molecule has 2 N–H and O–H groups in total. The molecule has 0 aliphatic heterocycles. The fraction of sp³-hybridized carbons (Fsp3) is 0.348. The average Bonchev–Trinajstić information content (AvgIpc) is 2.69. The molecule has 0 atom stereocenters. The van der Waals surface area contributed by atoms with Crippen LogP contribution in [-0.4, -0.2) is 44.3 Å². The van der Waals surface area contributed by atoms with Crippen molar-refractivity contribution in [2.45, 2.75) is 32.9 Å². The molecule has 0 radical (unpaired) electrons. The van der Waals surface area contributed by atoms with Crippen molar-refractivity contribution < 1.29 is 23.9 Å². The molecule has 0 aliphatic carbocycles. The van der Waals surface area contributed by atoms with Gasteiger partial charge >= 0.3 is 12.1 Å². The second-order valence-electron chi connectivity index (χ2n) is 8.12. The minimum Gasteiger partial charge on any atom is -0.452 e. The Morgan fingerprint density at radius 2 is 1.68 bits per heavy atom. The summed E-state index contributed by atoms with van der Waals surface area (Å²) in [7, 11) is 3.91. The molecular formula is C23H29N3O5. The van der Waals surface area contributed by atoms with Crippen LogP contribution in [0.3, 0.4) is 0 Å². The van der Waals surface area contributed by atoms with Crippen LogP contribution in [-0.2, 0) is 20.8 Å². The number of rotatable bonds is 7. The molecule has 8 nitrogen and oxygen atoms in total. The molecule has 0 saturated heterocycles. The van der Waals surface area contributed by atoms with E-state index in [-0.39, 0.29) is 5.56 Å². The maximum Gasteiger partial charge on any atom is 0.412 e. The van der Waals surface area contributed by atoms with Crippen LogP contribution in [0, 0.1) is 0 Å². The molecule has 0 heterocycles. The maximum atomic E-state index is 12.2. The van der Waals surface area contributed by atoms with Gasteiger partial charge in [0, 0.05) is 32.0 Å². The number of carbonyl (C=O) groups is 3. The minimum absolute atomic E-state index is 0.209. The van der Waals surface area contributed by atoms with E-state index in [1.807, 2.05) is 43.3 Å². The monoisotopic (exact) mass is 427 g/mol. The van der Waals surface area contributed by atoms with Crippen molar-refractivity contribution in [1.82, 2.24) is 5.32 Å². The third-order valence-electron chi connectivity index (χ3n) is 4.02. The third-order valence-corrected chi connectivity index (χ3v) is 4.02. The summed E-state index contributed by atoms with van der Waals surface area (Å²) in [6.07, 6.45) is -0.629. The fourth-order valence-corrected chi connectivity index (χ4v) is 2.52. The predicted octanol–water partition coefficient (Wildman–Crippen LogP) is 3.57. The van der Waals surface area contributed by atoms with Crippen molar-refractivity contribution in [3.05, 3.63) is 59.7 Å². The third kappa shape index (κ3) is 8.38. The molecule has 8 heteroatoms. The number of ether oxygens (including phenoxy) is 2. The van der Waals surface area contributed by atoms with Crippen LogP contribution in [0.25, 0.3) is 0 Å². The van der Waals surface area contributed by atoms with Crippen molar-refractivity contribution >= 4 is 29.3 Å². The molecule has 0 bridgehead atoms.